The SMILES string of the molecule is Cc1cc(C)c(NC(=O)CN(C)C(=O)C(C)(N)c2ccccc2)c(C)c1.Cl. The van der Waals surface area contributed by atoms with Crippen LogP contribution in [0.4, 0.5) is 5.69 Å². The quantitative estimate of drug-likeness (QED) is 0.823. The maximum absolute atomic E-state index is 12.8. The molecule has 3 N–H and O–H groups in total. The summed E-state index contributed by atoms with van der Waals surface area (Å²) in [4.78, 5) is 26.5. The molecule has 0 aliphatic carbocycles. The first-order valence-electron chi connectivity index (χ1n) is 8.60. The standard InChI is InChI=1S/C21H27N3O2.ClH/c1-14-11-15(2)19(16(3)12-14)23-18(25)13-24(5)20(26)21(4,22)17-9-7-6-8-10-17;/h6-12H,13,22H2,1-5H3,(H,23,25);1H. The van der Waals surface area contributed by atoms with E-state index in [0.717, 1.165) is 22.4 Å². The third kappa shape index (κ3) is 5.31. The summed E-state index contributed by atoms with van der Waals surface area (Å²) in [5.41, 5.74) is 9.71. The number of hydrogen-bond acceptors (Lipinski definition) is 3. The van der Waals surface area contributed by atoms with Crippen molar-refractivity contribution in [3.05, 3.63) is 64.7 Å². The van der Waals surface area contributed by atoms with E-state index < -0.39 is 5.54 Å². The lowest BCUT2D eigenvalue weighted by Gasteiger charge is -2.29. The van der Waals surface area contributed by atoms with E-state index in [1.165, 1.54) is 4.90 Å². The summed E-state index contributed by atoms with van der Waals surface area (Å²) < 4.78 is 0. The Hall–Kier alpha value is -2.37. The highest BCUT2D eigenvalue weighted by Crippen LogP contribution is 2.22. The lowest BCUT2D eigenvalue weighted by atomic mass is 9.92. The zero-order valence-corrected chi connectivity index (χ0v) is 17.3. The van der Waals surface area contributed by atoms with Gasteiger partial charge >= 0.3 is 0 Å². The van der Waals surface area contributed by atoms with Crippen molar-refractivity contribution in [1.29, 1.82) is 0 Å². The summed E-state index contributed by atoms with van der Waals surface area (Å²) >= 11 is 0. The second kappa shape index (κ2) is 9.02. The summed E-state index contributed by atoms with van der Waals surface area (Å²) in [5, 5.41) is 2.91. The number of carbonyl (C=O) groups is 2. The molecule has 1 unspecified atom stereocenters. The first-order valence-corrected chi connectivity index (χ1v) is 8.60. The molecule has 0 aliphatic heterocycles. The summed E-state index contributed by atoms with van der Waals surface area (Å²) in [6.07, 6.45) is 0. The molecule has 0 aliphatic rings. The molecule has 27 heavy (non-hydrogen) atoms. The Morgan fingerprint density at radius 3 is 2.11 bits per heavy atom. The molecular weight excluding hydrogens is 362 g/mol. The lowest BCUT2D eigenvalue weighted by molar-refractivity contribution is -0.138. The van der Waals surface area contributed by atoms with Crippen LogP contribution >= 0.6 is 12.4 Å². The zero-order chi connectivity index (χ0) is 19.5. The number of amides is 2. The molecule has 5 nitrogen and oxygen atoms in total. The average Bonchev–Trinajstić information content (AvgIpc) is 2.58. The van der Waals surface area contributed by atoms with E-state index in [1.807, 2.05) is 63.2 Å². The second-order valence-corrected chi connectivity index (χ2v) is 7.05. The van der Waals surface area contributed by atoms with E-state index >= 15 is 0 Å². The van der Waals surface area contributed by atoms with Gasteiger partial charge in [-0.15, -0.1) is 12.4 Å². The molecule has 2 amide bonds. The van der Waals surface area contributed by atoms with Crippen molar-refractivity contribution in [1.82, 2.24) is 4.90 Å². The summed E-state index contributed by atoms with van der Waals surface area (Å²) in [6, 6.07) is 13.2. The Kier molecular flexibility index (Phi) is 7.57. The second-order valence-electron chi connectivity index (χ2n) is 7.05. The number of aryl methyl sites for hydroxylation is 3. The van der Waals surface area contributed by atoms with Gasteiger partial charge in [0.2, 0.25) is 11.8 Å². The summed E-state index contributed by atoms with van der Waals surface area (Å²) in [6.45, 7) is 7.52. The van der Waals surface area contributed by atoms with Crippen molar-refractivity contribution < 1.29 is 9.59 Å². The highest BCUT2D eigenvalue weighted by Gasteiger charge is 2.33. The fraction of sp³-hybridized carbons (Fsp3) is 0.333. The van der Waals surface area contributed by atoms with Crippen LogP contribution in [-0.4, -0.2) is 30.3 Å². The zero-order valence-electron chi connectivity index (χ0n) is 16.5. The van der Waals surface area contributed by atoms with Gasteiger partial charge in [-0.1, -0.05) is 48.0 Å². The van der Waals surface area contributed by atoms with E-state index in [9.17, 15) is 9.59 Å². The average molecular weight is 390 g/mol. The number of halogens is 1. The van der Waals surface area contributed by atoms with Crippen molar-refractivity contribution in [2.75, 3.05) is 18.9 Å². The van der Waals surface area contributed by atoms with E-state index in [4.69, 9.17) is 5.73 Å². The van der Waals surface area contributed by atoms with Gasteiger partial charge in [-0.3, -0.25) is 9.59 Å². The van der Waals surface area contributed by atoms with Crippen molar-refractivity contribution in [3.8, 4) is 0 Å². The number of carbonyl (C=O) groups excluding carboxylic acids is 2. The minimum absolute atomic E-state index is 0. The van der Waals surface area contributed by atoms with Crippen LogP contribution in [0.5, 0.6) is 0 Å². The van der Waals surface area contributed by atoms with Gasteiger partial charge in [0.25, 0.3) is 0 Å². The van der Waals surface area contributed by atoms with E-state index in [-0.39, 0.29) is 30.8 Å². The molecule has 0 heterocycles. The maximum Gasteiger partial charge on any atom is 0.247 e. The number of anilines is 1. The molecule has 0 aromatic heterocycles. The lowest BCUT2D eigenvalue weighted by Crippen LogP contribution is -2.51. The number of nitrogens with zero attached hydrogens (tertiary/aromatic N) is 1. The predicted octanol–water partition coefficient (Wildman–Crippen LogP) is 3.30. The molecule has 6 heteroatoms. The minimum atomic E-state index is -1.19. The smallest absolute Gasteiger partial charge is 0.247 e. The molecule has 0 fully saturated rings. The Bertz CT molecular complexity index is 796. The monoisotopic (exact) mass is 389 g/mol. The molecular formula is C21H28ClN3O2. The van der Waals surface area contributed by atoms with E-state index in [2.05, 4.69) is 5.32 Å². The molecule has 0 saturated carbocycles. The molecule has 0 radical (unpaired) electrons. The fourth-order valence-corrected chi connectivity index (χ4v) is 3.15. The van der Waals surface area contributed by atoms with Crippen LogP contribution in [0.15, 0.2) is 42.5 Å². The molecule has 1 atom stereocenters. The molecule has 0 saturated heterocycles. The van der Waals surface area contributed by atoms with Gasteiger partial charge in [-0.2, -0.15) is 0 Å². The van der Waals surface area contributed by atoms with E-state index in [1.54, 1.807) is 14.0 Å². The van der Waals surface area contributed by atoms with Gasteiger partial charge in [-0.25, -0.2) is 0 Å². The van der Waals surface area contributed by atoms with Crippen LogP contribution in [0.25, 0.3) is 0 Å². The number of hydrogen-bond donors (Lipinski definition) is 2. The van der Waals surface area contributed by atoms with Gasteiger partial charge in [0, 0.05) is 12.7 Å². The summed E-state index contributed by atoms with van der Waals surface area (Å²) in [5.74, 6) is -0.559. The normalized spacial score (nSPS) is 12.5. The van der Waals surface area contributed by atoms with Crippen LogP contribution in [0, 0.1) is 20.8 Å². The van der Waals surface area contributed by atoms with Gasteiger partial charge in [-0.05, 0) is 44.4 Å². The topological polar surface area (TPSA) is 75.4 Å². The third-order valence-electron chi connectivity index (χ3n) is 4.49. The van der Waals surface area contributed by atoms with Crippen LogP contribution in [0.2, 0.25) is 0 Å². The Labute approximate surface area is 167 Å². The van der Waals surface area contributed by atoms with Crippen molar-refractivity contribution in [2.45, 2.75) is 33.2 Å². The van der Waals surface area contributed by atoms with E-state index in [0.29, 0.717) is 5.56 Å². The van der Waals surface area contributed by atoms with Crippen LogP contribution < -0.4 is 11.1 Å². The summed E-state index contributed by atoms with van der Waals surface area (Å²) in [7, 11) is 1.59. The maximum atomic E-state index is 12.8. The number of nitrogens with two attached hydrogens (primary N) is 1. The van der Waals surface area contributed by atoms with Crippen LogP contribution in [-0.2, 0) is 15.1 Å². The van der Waals surface area contributed by atoms with Crippen LogP contribution in [0.3, 0.4) is 0 Å². The molecule has 2 aromatic carbocycles. The van der Waals surface area contributed by atoms with Crippen molar-refractivity contribution in [3.63, 3.8) is 0 Å². The fourth-order valence-electron chi connectivity index (χ4n) is 3.15. The highest BCUT2D eigenvalue weighted by molar-refractivity contribution is 5.97. The number of likely N-dealkylation sites (N-methyl/N-ethyl adjacent to an activating group) is 1. The van der Waals surface area contributed by atoms with Gasteiger partial charge < -0.3 is 16.0 Å². The molecule has 2 aromatic rings. The Balaban J connectivity index is 0.00000364. The first kappa shape index (κ1) is 22.7. The minimum Gasteiger partial charge on any atom is -0.335 e. The first-order chi connectivity index (χ1) is 12.1. The third-order valence-corrected chi connectivity index (χ3v) is 4.49. The predicted molar refractivity (Wildman–Crippen MR) is 112 cm³/mol. The number of benzene rings is 2. The number of nitrogens with one attached hydrogen (secondary N) is 1. The number of rotatable bonds is 5. The Morgan fingerprint density at radius 1 is 1.07 bits per heavy atom. The largest absolute Gasteiger partial charge is 0.335 e. The van der Waals surface area contributed by atoms with Crippen LogP contribution in [0.1, 0.15) is 29.2 Å². The van der Waals surface area contributed by atoms with Gasteiger partial charge in [0.1, 0.15) is 5.54 Å². The molecule has 146 valence electrons. The van der Waals surface area contributed by atoms with Gasteiger partial charge in [0.05, 0.1) is 6.54 Å². The Morgan fingerprint density at radius 2 is 1.59 bits per heavy atom. The van der Waals surface area contributed by atoms with Crippen molar-refractivity contribution >= 4 is 29.9 Å². The highest BCUT2D eigenvalue weighted by atomic mass is 35.5. The van der Waals surface area contributed by atoms with Crippen molar-refractivity contribution in [2.24, 2.45) is 5.73 Å². The molecule has 0 spiro atoms. The van der Waals surface area contributed by atoms with Gasteiger partial charge in [0.15, 0.2) is 0 Å². The molecule has 2 rings (SSSR count). The molecule has 0 bridgehead atoms.